The van der Waals surface area contributed by atoms with Gasteiger partial charge < -0.3 is 21.0 Å². The van der Waals surface area contributed by atoms with E-state index in [4.69, 9.17) is 10.7 Å². The minimum absolute atomic E-state index is 0.0106. The third-order valence-electron chi connectivity index (χ3n) is 8.07. The van der Waals surface area contributed by atoms with E-state index in [0.717, 1.165) is 82.9 Å². The van der Waals surface area contributed by atoms with Crippen LogP contribution in [0, 0.1) is 38.0 Å². The molecule has 3 heterocycles. The highest BCUT2D eigenvalue weighted by Gasteiger charge is 2.30. The second-order valence-corrected chi connectivity index (χ2v) is 10.2. The molecule has 178 valence electrons. The van der Waals surface area contributed by atoms with Crippen molar-refractivity contribution >= 4 is 28.3 Å². The van der Waals surface area contributed by atoms with Crippen LogP contribution in [-0.2, 0) is 24.1 Å². The fourth-order valence-electron chi connectivity index (χ4n) is 5.94. The number of carbonyl (C=O) groups is 1. The van der Waals surface area contributed by atoms with Gasteiger partial charge in [0, 0.05) is 53.5 Å². The second kappa shape index (κ2) is 8.83. The predicted octanol–water partition coefficient (Wildman–Crippen LogP) is 4.93. The molecule has 5 N–H and O–H groups in total. The lowest BCUT2D eigenvalue weighted by molar-refractivity contribution is -0.121. The van der Waals surface area contributed by atoms with Crippen molar-refractivity contribution in [2.75, 3.05) is 11.1 Å². The summed E-state index contributed by atoms with van der Waals surface area (Å²) in [6.07, 6.45) is 8.19. The molecule has 7 heteroatoms. The Morgan fingerprint density at radius 2 is 1.94 bits per heavy atom. The molecule has 2 aliphatic rings. The third kappa shape index (κ3) is 3.85. The number of carbonyl (C=O) groups excluding carboxylic acids is 1. The van der Waals surface area contributed by atoms with Gasteiger partial charge in [-0.1, -0.05) is 0 Å². The molecule has 2 atom stereocenters. The van der Waals surface area contributed by atoms with Crippen LogP contribution in [0.1, 0.15) is 77.9 Å². The van der Waals surface area contributed by atoms with E-state index < -0.39 is 0 Å². The van der Waals surface area contributed by atoms with Crippen LogP contribution in [0.25, 0.3) is 11.0 Å². The topological polar surface area (TPSA) is 123 Å². The maximum atomic E-state index is 12.3. The number of nitrogens with zero attached hydrogens (tertiary/aromatic N) is 2. The number of H-pyrrole nitrogens is 2. The molecule has 1 saturated carbocycles. The van der Waals surface area contributed by atoms with Gasteiger partial charge in [0.15, 0.2) is 0 Å². The predicted molar refractivity (Wildman–Crippen MR) is 135 cm³/mol. The maximum Gasteiger partial charge on any atom is 0.140 e. The second-order valence-electron chi connectivity index (χ2n) is 10.2. The normalized spacial score (nSPS) is 19.1. The third-order valence-corrected chi connectivity index (χ3v) is 8.07. The van der Waals surface area contributed by atoms with Gasteiger partial charge in [0.2, 0.25) is 0 Å². The Balaban J connectivity index is 1.53. The highest BCUT2D eigenvalue weighted by atomic mass is 16.1. The molecule has 0 saturated heterocycles. The summed E-state index contributed by atoms with van der Waals surface area (Å²) < 4.78 is 0. The standard InChI is InChI=1S/C27H34N6O/c1-14-16(3)30-26(20(14)13-28)33-23(17-7-6-8-18(34)11-17)12-22-15(2)24-25(29)19-9-4-5-10-21(19)31-27(24)32-22/h17,23,30,33H,4-12H2,1-3H3,(H3,29,31,32). The van der Waals surface area contributed by atoms with Gasteiger partial charge >= 0.3 is 0 Å². The number of pyridine rings is 1. The van der Waals surface area contributed by atoms with Crippen LogP contribution < -0.4 is 11.1 Å². The molecule has 0 aromatic carbocycles. The average molecular weight is 459 g/mol. The van der Waals surface area contributed by atoms with Crippen molar-refractivity contribution in [3.05, 3.63) is 39.3 Å². The number of ketones is 1. The summed E-state index contributed by atoms with van der Waals surface area (Å²) in [6.45, 7) is 6.07. The number of nitriles is 1. The van der Waals surface area contributed by atoms with Gasteiger partial charge in [-0.2, -0.15) is 5.26 Å². The molecule has 3 aromatic heterocycles. The summed E-state index contributed by atoms with van der Waals surface area (Å²) >= 11 is 0. The van der Waals surface area contributed by atoms with Crippen molar-refractivity contribution in [3.8, 4) is 6.07 Å². The highest BCUT2D eigenvalue weighted by Crippen LogP contribution is 2.36. The molecule has 0 aliphatic heterocycles. The van der Waals surface area contributed by atoms with E-state index in [1.807, 2.05) is 13.8 Å². The number of aromatic amines is 2. The van der Waals surface area contributed by atoms with Gasteiger partial charge in [0.05, 0.1) is 5.56 Å². The minimum Gasteiger partial charge on any atom is -0.398 e. The Hall–Kier alpha value is -3.27. The number of nitrogens with two attached hydrogens (primary N) is 1. The molecule has 34 heavy (non-hydrogen) atoms. The van der Waals surface area contributed by atoms with E-state index >= 15 is 0 Å². The first-order chi connectivity index (χ1) is 16.4. The van der Waals surface area contributed by atoms with Crippen molar-refractivity contribution in [3.63, 3.8) is 0 Å². The lowest BCUT2D eigenvalue weighted by atomic mass is 9.81. The van der Waals surface area contributed by atoms with Crippen molar-refractivity contribution in [2.45, 2.75) is 84.6 Å². The van der Waals surface area contributed by atoms with Crippen molar-refractivity contribution in [2.24, 2.45) is 5.92 Å². The van der Waals surface area contributed by atoms with Crippen LogP contribution in [0.15, 0.2) is 0 Å². The summed E-state index contributed by atoms with van der Waals surface area (Å²) in [7, 11) is 0. The fourth-order valence-corrected chi connectivity index (χ4v) is 5.94. The minimum atomic E-state index is 0.0106. The van der Waals surface area contributed by atoms with Crippen LogP contribution in [0.5, 0.6) is 0 Å². The molecule has 1 fully saturated rings. The maximum absolute atomic E-state index is 12.3. The molecule has 0 bridgehead atoms. The van der Waals surface area contributed by atoms with Gasteiger partial charge in [-0.25, -0.2) is 4.98 Å². The quantitative estimate of drug-likeness (QED) is 0.431. The summed E-state index contributed by atoms with van der Waals surface area (Å²) in [4.78, 5) is 24.2. The van der Waals surface area contributed by atoms with Crippen molar-refractivity contribution in [1.82, 2.24) is 15.0 Å². The summed E-state index contributed by atoms with van der Waals surface area (Å²) in [5, 5.41) is 14.4. The number of fused-ring (bicyclic) bond motifs is 2. The highest BCUT2D eigenvalue weighted by molar-refractivity contribution is 5.94. The molecule has 0 radical (unpaired) electrons. The van der Waals surface area contributed by atoms with Crippen LogP contribution >= 0.6 is 0 Å². The number of rotatable bonds is 5. The van der Waals surface area contributed by atoms with Gasteiger partial charge in [-0.3, -0.25) is 4.79 Å². The Morgan fingerprint density at radius 3 is 2.71 bits per heavy atom. The molecule has 2 unspecified atom stereocenters. The first kappa shape index (κ1) is 22.5. The van der Waals surface area contributed by atoms with Crippen molar-refractivity contribution in [1.29, 1.82) is 5.26 Å². The average Bonchev–Trinajstić information content (AvgIpc) is 3.28. The van der Waals surface area contributed by atoms with E-state index in [0.29, 0.717) is 30.6 Å². The number of hydrogen-bond donors (Lipinski definition) is 4. The first-order valence-corrected chi connectivity index (χ1v) is 12.5. The van der Waals surface area contributed by atoms with Gasteiger partial charge in [0.1, 0.15) is 23.3 Å². The largest absolute Gasteiger partial charge is 0.398 e. The summed E-state index contributed by atoms with van der Waals surface area (Å²) in [5.41, 5.74) is 15.6. The number of hydrogen-bond acceptors (Lipinski definition) is 5. The first-order valence-electron chi connectivity index (χ1n) is 12.5. The zero-order valence-electron chi connectivity index (χ0n) is 20.4. The molecule has 3 aromatic rings. The zero-order chi connectivity index (χ0) is 24.0. The molecule has 2 aliphatic carbocycles. The van der Waals surface area contributed by atoms with Gasteiger partial charge in [-0.15, -0.1) is 0 Å². The van der Waals surface area contributed by atoms with E-state index in [9.17, 15) is 10.1 Å². The van der Waals surface area contributed by atoms with Gasteiger partial charge in [0.25, 0.3) is 0 Å². The van der Waals surface area contributed by atoms with Crippen LogP contribution in [0.2, 0.25) is 0 Å². The van der Waals surface area contributed by atoms with E-state index in [1.165, 1.54) is 12.0 Å². The number of nitrogens with one attached hydrogen (secondary N) is 3. The Labute approximate surface area is 200 Å². The molecule has 7 nitrogen and oxygen atoms in total. The molecular formula is C27H34N6O. The summed E-state index contributed by atoms with van der Waals surface area (Å²) in [5.74, 6) is 1.29. The molecule has 5 rings (SSSR count). The summed E-state index contributed by atoms with van der Waals surface area (Å²) in [6, 6.07) is 2.35. The van der Waals surface area contributed by atoms with Crippen LogP contribution in [-0.4, -0.2) is 26.8 Å². The number of aromatic nitrogens is 3. The zero-order valence-corrected chi connectivity index (χ0v) is 20.4. The van der Waals surface area contributed by atoms with E-state index in [2.05, 4.69) is 28.3 Å². The smallest absolute Gasteiger partial charge is 0.140 e. The fraction of sp³-hybridized carbons (Fsp3) is 0.519. The SMILES string of the molecule is Cc1[nH]c(NC(Cc2[nH]c3nc4c(c(N)c3c2C)CCCC4)C2CCCC(=O)C2)c(C#N)c1C. The number of anilines is 2. The Bertz CT molecular complexity index is 1310. The molecule has 0 amide bonds. The van der Waals surface area contributed by atoms with Crippen LogP contribution in [0.3, 0.4) is 0 Å². The van der Waals surface area contributed by atoms with Crippen molar-refractivity contribution < 1.29 is 4.79 Å². The molecular weight excluding hydrogens is 424 g/mol. The van der Waals surface area contributed by atoms with E-state index in [-0.39, 0.29) is 12.0 Å². The van der Waals surface area contributed by atoms with Crippen LogP contribution in [0.4, 0.5) is 11.5 Å². The number of Topliss-reactive ketones (excluding diaryl/α,β-unsaturated/α-hetero) is 1. The lowest BCUT2D eigenvalue weighted by Gasteiger charge is -2.31. The number of aryl methyl sites for hydroxylation is 3. The lowest BCUT2D eigenvalue weighted by Crippen LogP contribution is -2.35. The Kier molecular flexibility index (Phi) is 5.85. The van der Waals surface area contributed by atoms with Gasteiger partial charge in [-0.05, 0) is 81.9 Å². The Morgan fingerprint density at radius 1 is 1.15 bits per heavy atom. The van der Waals surface area contributed by atoms with E-state index in [1.54, 1.807) is 0 Å². The monoisotopic (exact) mass is 458 g/mol. The molecule has 0 spiro atoms. The number of nitrogen functional groups attached to an aromatic ring is 1.